The first-order chi connectivity index (χ1) is 10.9. The van der Waals surface area contributed by atoms with Crippen molar-refractivity contribution in [2.45, 2.75) is 19.5 Å². The number of nitrogens with zero attached hydrogens (tertiary/aromatic N) is 1. The summed E-state index contributed by atoms with van der Waals surface area (Å²) in [5.74, 6) is -1.81. The lowest BCUT2D eigenvalue weighted by atomic mass is 10.1. The SMILES string of the molecule is CC(=O)N[C@@H](Cn1cc(-c2ccccc2)c(=O)[nH]c1=O)C(=O)O. The van der Waals surface area contributed by atoms with Crippen LogP contribution in [0.1, 0.15) is 6.92 Å². The average Bonchev–Trinajstić information content (AvgIpc) is 2.49. The van der Waals surface area contributed by atoms with Gasteiger partial charge in [-0.3, -0.25) is 19.1 Å². The first-order valence-corrected chi connectivity index (χ1v) is 6.77. The molecule has 23 heavy (non-hydrogen) atoms. The molecule has 1 atom stereocenters. The summed E-state index contributed by atoms with van der Waals surface area (Å²) < 4.78 is 1.05. The molecule has 8 heteroatoms. The predicted octanol–water partition coefficient (Wildman–Crippen LogP) is -0.207. The number of amides is 1. The Morgan fingerprint density at radius 2 is 1.91 bits per heavy atom. The zero-order valence-electron chi connectivity index (χ0n) is 12.3. The van der Waals surface area contributed by atoms with Crippen molar-refractivity contribution in [3.05, 3.63) is 57.4 Å². The van der Waals surface area contributed by atoms with Crippen molar-refractivity contribution in [2.75, 3.05) is 0 Å². The van der Waals surface area contributed by atoms with E-state index >= 15 is 0 Å². The number of aromatic nitrogens is 2. The average molecular weight is 317 g/mol. The third-order valence-electron chi connectivity index (χ3n) is 3.15. The van der Waals surface area contributed by atoms with Crippen LogP contribution in [0.4, 0.5) is 0 Å². The molecule has 2 rings (SSSR count). The lowest BCUT2D eigenvalue weighted by molar-refractivity contribution is -0.142. The molecular weight excluding hydrogens is 302 g/mol. The van der Waals surface area contributed by atoms with Crippen LogP contribution < -0.4 is 16.6 Å². The largest absolute Gasteiger partial charge is 0.480 e. The molecule has 0 aliphatic rings. The van der Waals surface area contributed by atoms with Crippen molar-refractivity contribution in [3.8, 4) is 11.1 Å². The van der Waals surface area contributed by atoms with Crippen molar-refractivity contribution in [3.63, 3.8) is 0 Å². The summed E-state index contributed by atoms with van der Waals surface area (Å²) >= 11 is 0. The number of carboxylic acid groups (broad SMARTS) is 1. The Morgan fingerprint density at radius 3 is 2.48 bits per heavy atom. The Bertz CT molecular complexity index is 838. The van der Waals surface area contributed by atoms with E-state index in [0.29, 0.717) is 5.56 Å². The monoisotopic (exact) mass is 317 g/mol. The highest BCUT2D eigenvalue weighted by molar-refractivity contribution is 5.82. The van der Waals surface area contributed by atoms with Crippen LogP contribution in [0.2, 0.25) is 0 Å². The van der Waals surface area contributed by atoms with E-state index in [0.717, 1.165) is 4.57 Å². The minimum atomic E-state index is -1.28. The second kappa shape index (κ2) is 6.73. The molecule has 0 aliphatic heterocycles. The van der Waals surface area contributed by atoms with Crippen LogP contribution in [0.15, 0.2) is 46.1 Å². The number of H-pyrrole nitrogens is 1. The van der Waals surface area contributed by atoms with Gasteiger partial charge in [0.2, 0.25) is 5.91 Å². The van der Waals surface area contributed by atoms with Gasteiger partial charge in [0.05, 0.1) is 12.1 Å². The second-order valence-electron chi connectivity index (χ2n) is 4.91. The number of benzene rings is 1. The first kappa shape index (κ1) is 16.2. The molecule has 0 unspecified atom stereocenters. The van der Waals surface area contributed by atoms with Gasteiger partial charge in [0.15, 0.2) is 0 Å². The highest BCUT2D eigenvalue weighted by atomic mass is 16.4. The van der Waals surface area contributed by atoms with E-state index in [9.17, 15) is 19.2 Å². The topological polar surface area (TPSA) is 121 Å². The minimum Gasteiger partial charge on any atom is -0.480 e. The molecule has 0 saturated heterocycles. The summed E-state index contributed by atoms with van der Waals surface area (Å²) in [7, 11) is 0. The van der Waals surface area contributed by atoms with E-state index in [1.807, 2.05) is 0 Å². The van der Waals surface area contributed by atoms with Crippen LogP contribution in [-0.4, -0.2) is 32.6 Å². The molecular formula is C15H15N3O5. The Balaban J connectivity index is 2.43. The Hall–Kier alpha value is -3.16. The minimum absolute atomic E-state index is 0.233. The van der Waals surface area contributed by atoms with E-state index in [4.69, 9.17) is 5.11 Å². The Kier molecular flexibility index (Phi) is 4.75. The van der Waals surface area contributed by atoms with Gasteiger partial charge in [0.1, 0.15) is 6.04 Å². The Morgan fingerprint density at radius 1 is 1.26 bits per heavy atom. The van der Waals surface area contributed by atoms with Crippen LogP contribution in [0, 0.1) is 0 Å². The van der Waals surface area contributed by atoms with Gasteiger partial charge >= 0.3 is 11.7 Å². The molecule has 1 amide bonds. The number of nitrogens with one attached hydrogen (secondary N) is 2. The lowest BCUT2D eigenvalue weighted by Gasteiger charge is -2.15. The van der Waals surface area contributed by atoms with E-state index in [2.05, 4.69) is 10.3 Å². The summed E-state index contributed by atoms with van der Waals surface area (Å²) in [6.07, 6.45) is 1.29. The molecule has 1 aromatic heterocycles. The second-order valence-corrected chi connectivity index (χ2v) is 4.91. The molecule has 8 nitrogen and oxygen atoms in total. The fourth-order valence-electron chi connectivity index (χ4n) is 2.10. The highest BCUT2D eigenvalue weighted by Crippen LogP contribution is 2.12. The number of rotatable bonds is 5. The quantitative estimate of drug-likeness (QED) is 0.704. The molecule has 0 bridgehead atoms. The van der Waals surface area contributed by atoms with E-state index in [1.54, 1.807) is 30.3 Å². The maximum atomic E-state index is 11.9. The molecule has 2 aromatic rings. The fourth-order valence-corrected chi connectivity index (χ4v) is 2.10. The van der Waals surface area contributed by atoms with E-state index < -0.39 is 29.2 Å². The maximum absolute atomic E-state index is 11.9. The van der Waals surface area contributed by atoms with Gasteiger partial charge in [0, 0.05) is 13.1 Å². The number of aliphatic carboxylic acids is 1. The van der Waals surface area contributed by atoms with E-state index in [-0.39, 0.29) is 12.1 Å². The standard InChI is InChI=1S/C15H15N3O5/c1-9(19)16-12(14(21)22)8-18-7-11(13(20)17-15(18)23)10-5-3-2-4-6-10/h2-7,12H,8H2,1H3,(H,16,19)(H,21,22)(H,17,20,23)/t12-/m0/s1. The van der Waals surface area contributed by atoms with Gasteiger partial charge in [-0.15, -0.1) is 0 Å². The van der Waals surface area contributed by atoms with Crippen molar-refractivity contribution >= 4 is 11.9 Å². The fraction of sp³-hybridized carbons (Fsp3) is 0.200. The van der Waals surface area contributed by atoms with Gasteiger partial charge in [0.25, 0.3) is 5.56 Å². The zero-order valence-corrected chi connectivity index (χ0v) is 12.3. The smallest absolute Gasteiger partial charge is 0.328 e. The first-order valence-electron chi connectivity index (χ1n) is 6.77. The molecule has 0 fully saturated rings. The van der Waals surface area contributed by atoms with Gasteiger partial charge in [-0.25, -0.2) is 9.59 Å². The number of carbonyl (C=O) groups is 2. The summed E-state index contributed by atoms with van der Waals surface area (Å²) in [6, 6.07) is 7.37. The normalized spacial score (nSPS) is 11.7. The summed E-state index contributed by atoms with van der Waals surface area (Å²) in [5.41, 5.74) is -0.485. The van der Waals surface area contributed by atoms with Crippen LogP contribution in [-0.2, 0) is 16.1 Å². The maximum Gasteiger partial charge on any atom is 0.328 e. The number of hydrogen-bond acceptors (Lipinski definition) is 4. The molecule has 1 heterocycles. The number of hydrogen-bond donors (Lipinski definition) is 3. The molecule has 0 aliphatic carbocycles. The van der Waals surface area contributed by atoms with Crippen LogP contribution in [0.25, 0.3) is 11.1 Å². The van der Waals surface area contributed by atoms with Crippen LogP contribution in [0.3, 0.4) is 0 Å². The van der Waals surface area contributed by atoms with Gasteiger partial charge in [-0.2, -0.15) is 0 Å². The van der Waals surface area contributed by atoms with Crippen LogP contribution >= 0.6 is 0 Å². The third-order valence-corrected chi connectivity index (χ3v) is 3.15. The molecule has 0 saturated carbocycles. The third kappa shape index (κ3) is 3.94. The summed E-state index contributed by atoms with van der Waals surface area (Å²) in [6.45, 7) is 0.880. The molecule has 0 spiro atoms. The predicted molar refractivity (Wildman–Crippen MR) is 82.0 cm³/mol. The number of aromatic amines is 1. The molecule has 120 valence electrons. The van der Waals surface area contributed by atoms with Gasteiger partial charge in [-0.05, 0) is 5.56 Å². The number of carboxylic acids is 1. The Labute approximate surface area is 130 Å². The molecule has 3 N–H and O–H groups in total. The van der Waals surface area contributed by atoms with Crippen molar-refractivity contribution in [2.24, 2.45) is 0 Å². The van der Waals surface area contributed by atoms with Crippen molar-refractivity contribution in [1.29, 1.82) is 0 Å². The van der Waals surface area contributed by atoms with Crippen molar-refractivity contribution in [1.82, 2.24) is 14.9 Å². The summed E-state index contributed by atoms with van der Waals surface area (Å²) in [5, 5.41) is 11.4. The summed E-state index contributed by atoms with van der Waals surface area (Å²) in [4.78, 5) is 48.2. The highest BCUT2D eigenvalue weighted by Gasteiger charge is 2.20. The zero-order chi connectivity index (χ0) is 17.0. The van der Waals surface area contributed by atoms with Gasteiger partial charge < -0.3 is 10.4 Å². The number of carbonyl (C=O) groups excluding carboxylic acids is 1. The van der Waals surface area contributed by atoms with Crippen molar-refractivity contribution < 1.29 is 14.7 Å². The van der Waals surface area contributed by atoms with E-state index in [1.165, 1.54) is 13.1 Å². The van der Waals surface area contributed by atoms with Crippen LogP contribution in [0.5, 0.6) is 0 Å². The lowest BCUT2D eigenvalue weighted by Crippen LogP contribution is -2.45. The molecule has 1 aromatic carbocycles. The molecule has 0 radical (unpaired) electrons. The van der Waals surface area contributed by atoms with Gasteiger partial charge in [-0.1, -0.05) is 30.3 Å².